The minimum absolute atomic E-state index is 0.0419. The minimum atomic E-state index is -0.515. The molecule has 0 spiro atoms. The Hall–Kier alpha value is -1.88. The van der Waals surface area contributed by atoms with Crippen molar-refractivity contribution in [1.29, 1.82) is 0 Å². The van der Waals surface area contributed by atoms with Gasteiger partial charge in [0.2, 0.25) is 5.91 Å². The zero-order valence-electron chi connectivity index (χ0n) is 12.7. The molecule has 0 saturated heterocycles. The summed E-state index contributed by atoms with van der Waals surface area (Å²) >= 11 is 0. The van der Waals surface area contributed by atoms with Crippen LogP contribution < -0.4 is 10.8 Å². The molecule has 0 saturated carbocycles. The van der Waals surface area contributed by atoms with E-state index < -0.39 is 11.3 Å². The Morgan fingerprint density at radius 3 is 2.57 bits per heavy atom. The molecule has 0 aliphatic heterocycles. The van der Waals surface area contributed by atoms with Gasteiger partial charge in [-0.25, -0.2) is 5.48 Å². The van der Waals surface area contributed by atoms with Crippen molar-refractivity contribution in [3.63, 3.8) is 0 Å². The van der Waals surface area contributed by atoms with Gasteiger partial charge >= 0.3 is 0 Å². The molecule has 1 aliphatic rings. The van der Waals surface area contributed by atoms with Crippen molar-refractivity contribution >= 4 is 11.8 Å². The quantitative estimate of drug-likeness (QED) is 0.574. The van der Waals surface area contributed by atoms with Gasteiger partial charge in [0.1, 0.15) is 0 Å². The van der Waals surface area contributed by atoms with Gasteiger partial charge in [-0.3, -0.25) is 14.8 Å². The third-order valence-electron chi connectivity index (χ3n) is 3.81. The standard InChI is InChI=1S/C16H22N2O3/c1-16(2,3)15(20)17-13-7-6-10-4-5-11(14(19)18-21)8-12(10)9-13/h4-5,8,13,21H,6-7,9H2,1-3H3,(H,17,20)(H,18,19). The highest BCUT2D eigenvalue weighted by atomic mass is 16.5. The van der Waals surface area contributed by atoms with Crippen LogP contribution in [0.15, 0.2) is 18.2 Å². The third-order valence-corrected chi connectivity index (χ3v) is 3.81. The first-order valence-electron chi connectivity index (χ1n) is 7.18. The number of rotatable bonds is 2. The highest BCUT2D eigenvalue weighted by Crippen LogP contribution is 2.24. The first-order chi connectivity index (χ1) is 9.81. The van der Waals surface area contributed by atoms with Crippen LogP contribution in [0.25, 0.3) is 0 Å². The van der Waals surface area contributed by atoms with Gasteiger partial charge in [0.15, 0.2) is 0 Å². The highest BCUT2D eigenvalue weighted by Gasteiger charge is 2.26. The monoisotopic (exact) mass is 290 g/mol. The van der Waals surface area contributed by atoms with Gasteiger partial charge in [-0.1, -0.05) is 26.8 Å². The van der Waals surface area contributed by atoms with E-state index in [0.29, 0.717) is 12.0 Å². The van der Waals surface area contributed by atoms with Crippen LogP contribution in [0.5, 0.6) is 0 Å². The summed E-state index contributed by atoms with van der Waals surface area (Å²) in [5.41, 5.74) is 3.93. The first kappa shape index (κ1) is 15.5. The van der Waals surface area contributed by atoms with Gasteiger partial charge in [-0.2, -0.15) is 0 Å². The SMILES string of the molecule is CC(C)(C)C(=O)NC1CCc2ccc(C(=O)NO)cc2C1. The van der Waals surface area contributed by atoms with E-state index in [1.165, 1.54) is 5.56 Å². The Labute approximate surface area is 124 Å². The largest absolute Gasteiger partial charge is 0.353 e. The van der Waals surface area contributed by atoms with Gasteiger partial charge in [-0.05, 0) is 42.5 Å². The van der Waals surface area contributed by atoms with Gasteiger partial charge in [0.05, 0.1) is 0 Å². The molecule has 0 bridgehead atoms. The molecular formula is C16H22N2O3. The Kier molecular flexibility index (Phi) is 4.32. The lowest BCUT2D eigenvalue weighted by Crippen LogP contribution is -2.44. The molecule has 0 radical (unpaired) electrons. The summed E-state index contributed by atoms with van der Waals surface area (Å²) in [6.07, 6.45) is 2.50. The molecule has 1 aromatic rings. The highest BCUT2D eigenvalue weighted by molar-refractivity contribution is 5.93. The Balaban J connectivity index is 2.12. The van der Waals surface area contributed by atoms with Gasteiger partial charge in [0.25, 0.3) is 5.91 Å². The van der Waals surface area contributed by atoms with Crippen LogP contribution in [0.1, 0.15) is 48.7 Å². The molecule has 1 unspecified atom stereocenters. The Morgan fingerprint density at radius 2 is 1.95 bits per heavy atom. The Bertz CT molecular complexity index is 561. The molecule has 1 atom stereocenters. The van der Waals surface area contributed by atoms with Crippen molar-refractivity contribution in [3.8, 4) is 0 Å². The molecule has 21 heavy (non-hydrogen) atoms. The van der Waals surface area contributed by atoms with Crippen molar-refractivity contribution in [3.05, 3.63) is 34.9 Å². The molecule has 0 heterocycles. The molecule has 2 rings (SSSR count). The number of aryl methyl sites for hydroxylation is 1. The molecule has 3 N–H and O–H groups in total. The summed E-state index contributed by atoms with van der Waals surface area (Å²) in [6, 6.07) is 5.51. The topological polar surface area (TPSA) is 78.4 Å². The van der Waals surface area contributed by atoms with E-state index in [4.69, 9.17) is 5.21 Å². The molecule has 5 heteroatoms. The number of hydrogen-bond acceptors (Lipinski definition) is 3. The number of benzene rings is 1. The number of carbonyl (C=O) groups is 2. The number of carbonyl (C=O) groups excluding carboxylic acids is 2. The fraction of sp³-hybridized carbons (Fsp3) is 0.500. The third kappa shape index (κ3) is 3.61. The number of nitrogens with one attached hydrogen (secondary N) is 2. The maximum absolute atomic E-state index is 12.1. The second-order valence-electron chi connectivity index (χ2n) is 6.59. The van der Waals surface area contributed by atoms with Crippen LogP contribution in [0.2, 0.25) is 0 Å². The minimum Gasteiger partial charge on any atom is -0.353 e. The molecular weight excluding hydrogens is 268 g/mol. The molecule has 1 aliphatic carbocycles. The van der Waals surface area contributed by atoms with E-state index in [1.807, 2.05) is 26.8 Å². The van der Waals surface area contributed by atoms with Crippen molar-refractivity contribution in [1.82, 2.24) is 10.8 Å². The van der Waals surface area contributed by atoms with Crippen molar-refractivity contribution in [2.45, 2.75) is 46.1 Å². The Morgan fingerprint density at radius 1 is 1.24 bits per heavy atom. The number of hydrogen-bond donors (Lipinski definition) is 3. The van der Waals surface area contributed by atoms with Gasteiger partial charge in [0, 0.05) is 17.0 Å². The van der Waals surface area contributed by atoms with E-state index in [-0.39, 0.29) is 11.9 Å². The summed E-state index contributed by atoms with van der Waals surface area (Å²) < 4.78 is 0. The second kappa shape index (κ2) is 5.85. The second-order valence-corrected chi connectivity index (χ2v) is 6.59. The lowest BCUT2D eigenvalue weighted by atomic mass is 9.86. The van der Waals surface area contributed by atoms with Crippen LogP contribution in [0.4, 0.5) is 0 Å². The lowest BCUT2D eigenvalue weighted by Gasteiger charge is -2.28. The maximum Gasteiger partial charge on any atom is 0.274 e. The summed E-state index contributed by atoms with van der Waals surface area (Å²) in [4.78, 5) is 23.5. The summed E-state index contributed by atoms with van der Waals surface area (Å²) in [5.74, 6) is -0.473. The van der Waals surface area contributed by atoms with Crippen molar-refractivity contribution < 1.29 is 14.8 Å². The van der Waals surface area contributed by atoms with E-state index in [1.54, 1.807) is 17.6 Å². The molecule has 114 valence electrons. The normalized spacial score (nSPS) is 17.8. The van der Waals surface area contributed by atoms with Gasteiger partial charge < -0.3 is 5.32 Å². The molecule has 1 aromatic carbocycles. The number of amides is 2. The van der Waals surface area contributed by atoms with Crippen LogP contribution in [-0.4, -0.2) is 23.1 Å². The van der Waals surface area contributed by atoms with E-state index in [2.05, 4.69) is 5.32 Å². The van der Waals surface area contributed by atoms with E-state index in [0.717, 1.165) is 18.4 Å². The number of hydroxylamine groups is 1. The van der Waals surface area contributed by atoms with E-state index >= 15 is 0 Å². The molecule has 0 aromatic heterocycles. The molecule has 0 fully saturated rings. The smallest absolute Gasteiger partial charge is 0.274 e. The predicted molar refractivity (Wildman–Crippen MR) is 79.1 cm³/mol. The average Bonchev–Trinajstić information content (AvgIpc) is 2.44. The van der Waals surface area contributed by atoms with Crippen molar-refractivity contribution in [2.75, 3.05) is 0 Å². The predicted octanol–water partition coefficient (Wildman–Crippen LogP) is 1.83. The number of fused-ring (bicyclic) bond motifs is 1. The zero-order valence-corrected chi connectivity index (χ0v) is 12.7. The summed E-state index contributed by atoms with van der Waals surface area (Å²) in [5, 5.41) is 11.8. The fourth-order valence-corrected chi connectivity index (χ4v) is 2.49. The average molecular weight is 290 g/mol. The van der Waals surface area contributed by atoms with Crippen LogP contribution in [0.3, 0.4) is 0 Å². The lowest BCUT2D eigenvalue weighted by molar-refractivity contribution is -0.129. The van der Waals surface area contributed by atoms with Crippen LogP contribution in [0, 0.1) is 5.41 Å². The van der Waals surface area contributed by atoms with Gasteiger partial charge in [-0.15, -0.1) is 0 Å². The molecule has 5 nitrogen and oxygen atoms in total. The van der Waals surface area contributed by atoms with Crippen LogP contribution in [-0.2, 0) is 17.6 Å². The van der Waals surface area contributed by atoms with Crippen molar-refractivity contribution in [2.24, 2.45) is 5.41 Å². The van der Waals surface area contributed by atoms with E-state index in [9.17, 15) is 9.59 Å². The zero-order chi connectivity index (χ0) is 15.6. The van der Waals surface area contributed by atoms with Crippen LogP contribution >= 0.6 is 0 Å². The fourth-order valence-electron chi connectivity index (χ4n) is 2.49. The summed E-state index contributed by atoms with van der Waals surface area (Å²) in [7, 11) is 0. The summed E-state index contributed by atoms with van der Waals surface area (Å²) in [6.45, 7) is 5.67. The maximum atomic E-state index is 12.1. The molecule has 2 amide bonds. The first-order valence-corrected chi connectivity index (χ1v) is 7.18.